The molecule has 0 N–H and O–H groups in total. The number of carbonyl (C=O) groups is 2. The van der Waals surface area contributed by atoms with E-state index < -0.39 is 0 Å². The van der Waals surface area contributed by atoms with E-state index in [-0.39, 0.29) is 12.0 Å². The van der Waals surface area contributed by atoms with Gasteiger partial charge in [0.2, 0.25) is 5.91 Å². The number of rotatable bonds is 4. The molecule has 0 aliphatic carbocycles. The van der Waals surface area contributed by atoms with Crippen LogP contribution in [0, 0.1) is 5.92 Å². The number of nitrogens with zero attached hydrogens (tertiary/aromatic N) is 2. The van der Waals surface area contributed by atoms with Crippen molar-refractivity contribution in [1.82, 2.24) is 9.80 Å². The van der Waals surface area contributed by atoms with E-state index in [2.05, 4.69) is 0 Å². The molecule has 5 nitrogen and oxygen atoms in total. The first-order valence-electron chi connectivity index (χ1n) is 7.56. The molecular weight excluding hydrogens is 304 g/mol. The van der Waals surface area contributed by atoms with E-state index in [1.807, 2.05) is 23.1 Å². The summed E-state index contributed by atoms with van der Waals surface area (Å²) >= 11 is 6.10. The largest absolute Gasteiger partial charge is 0.448 e. The zero-order valence-electron chi connectivity index (χ0n) is 12.3. The lowest BCUT2D eigenvalue weighted by molar-refractivity contribution is -0.129. The minimum atomic E-state index is -0.235. The van der Waals surface area contributed by atoms with Crippen molar-refractivity contribution in [2.45, 2.75) is 12.8 Å². The summed E-state index contributed by atoms with van der Waals surface area (Å²) in [4.78, 5) is 27.4. The van der Waals surface area contributed by atoms with Gasteiger partial charge in [0, 0.05) is 24.7 Å². The van der Waals surface area contributed by atoms with Crippen LogP contribution in [-0.4, -0.2) is 54.6 Å². The van der Waals surface area contributed by atoms with Crippen LogP contribution >= 0.6 is 11.6 Å². The van der Waals surface area contributed by atoms with Gasteiger partial charge in [-0.05, 0) is 24.0 Å². The second-order valence-corrected chi connectivity index (χ2v) is 6.23. The van der Waals surface area contributed by atoms with Crippen LogP contribution in [0.5, 0.6) is 0 Å². The normalized spacial score (nSPS) is 21.3. The Kier molecular flexibility index (Phi) is 4.52. The quantitative estimate of drug-likeness (QED) is 0.853. The van der Waals surface area contributed by atoms with Crippen LogP contribution in [0.3, 0.4) is 0 Å². The molecule has 2 saturated heterocycles. The summed E-state index contributed by atoms with van der Waals surface area (Å²) in [6.45, 7) is 3.25. The molecule has 2 amide bonds. The molecule has 6 heteroatoms. The first-order chi connectivity index (χ1) is 10.6. The van der Waals surface area contributed by atoms with Gasteiger partial charge in [0.1, 0.15) is 6.61 Å². The van der Waals surface area contributed by atoms with Crippen molar-refractivity contribution in [3.05, 3.63) is 34.9 Å². The Labute approximate surface area is 134 Å². The molecule has 0 bridgehead atoms. The Morgan fingerprint density at radius 3 is 2.86 bits per heavy atom. The molecule has 22 heavy (non-hydrogen) atoms. The van der Waals surface area contributed by atoms with Gasteiger partial charge in [0.25, 0.3) is 0 Å². The van der Waals surface area contributed by atoms with Gasteiger partial charge in [-0.1, -0.05) is 29.8 Å². The second-order valence-electron chi connectivity index (χ2n) is 5.82. The van der Waals surface area contributed by atoms with E-state index in [0.29, 0.717) is 43.6 Å². The third kappa shape index (κ3) is 3.35. The lowest BCUT2D eigenvalue weighted by atomic mass is 10.1. The maximum Gasteiger partial charge on any atom is 0.409 e. The van der Waals surface area contributed by atoms with Crippen molar-refractivity contribution in [2.75, 3.05) is 32.8 Å². The number of cyclic esters (lactones) is 1. The lowest BCUT2D eigenvalue weighted by Gasteiger charge is -2.19. The van der Waals surface area contributed by atoms with Gasteiger partial charge in [-0.15, -0.1) is 0 Å². The highest BCUT2D eigenvalue weighted by molar-refractivity contribution is 6.31. The molecule has 2 aliphatic rings. The molecule has 1 aromatic carbocycles. The van der Waals surface area contributed by atoms with Crippen molar-refractivity contribution in [3.8, 4) is 0 Å². The maximum absolute atomic E-state index is 12.4. The summed E-state index contributed by atoms with van der Waals surface area (Å²) in [5.74, 6) is 0.431. The molecule has 0 unspecified atom stereocenters. The van der Waals surface area contributed by atoms with Crippen molar-refractivity contribution >= 4 is 23.6 Å². The summed E-state index contributed by atoms with van der Waals surface area (Å²) in [5.41, 5.74) is 0.862. The fourth-order valence-electron chi connectivity index (χ4n) is 3.03. The van der Waals surface area contributed by atoms with E-state index >= 15 is 0 Å². The molecule has 118 valence electrons. The average Bonchev–Trinajstić information content (AvgIpc) is 3.12. The van der Waals surface area contributed by atoms with Crippen LogP contribution in [-0.2, 0) is 16.0 Å². The van der Waals surface area contributed by atoms with Crippen molar-refractivity contribution < 1.29 is 14.3 Å². The van der Waals surface area contributed by atoms with E-state index in [9.17, 15) is 9.59 Å². The Balaban J connectivity index is 1.52. The van der Waals surface area contributed by atoms with Crippen LogP contribution in [0.25, 0.3) is 0 Å². The summed E-state index contributed by atoms with van der Waals surface area (Å²) in [6.07, 6.45) is 1.02. The standard InChI is InChI=1S/C16H19ClN2O3/c17-14-4-2-1-3-13(14)9-15(20)18-6-5-12(10-18)11-19-7-8-22-16(19)21/h1-4,12H,5-11H2/t12-/m0/s1. The SMILES string of the molecule is O=C(Cc1ccccc1Cl)N1CC[C@H](CN2CCOC2=O)C1. The molecule has 0 radical (unpaired) electrons. The predicted octanol–water partition coefficient (Wildman–Crippen LogP) is 2.18. The fraction of sp³-hybridized carbons (Fsp3) is 0.500. The lowest BCUT2D eigenvalue weighted by Crippen LogP contribution is -2.34. The van der Waals surface area contributed by atoms with Gasteiger partial charge >= 0.3 is 6.09 Å². The summed E-state index contributed by atoms with van der Waals surface area (Å²) < 4.78 is 4.93. The average molecular weight is 323 g/mol. The van der Waals surface area contributed by atoms with Crippen LogP contribution in [0.2, 0.25) is 5.02 Å². The maximum atomic E-state index is 12.4. The molecule has 1 atom stereocenters. The van der Waals surface area contributed by atoms with E-state index in [0.717, 1.165) is 18.5 Å². The highest BCUT2D eigenvalue weighted by Crippen LogP contribution is 2.22. The van der Waals surface area contributed by atoms with Crippen LogP contribution in [0.15, 0.2) is 24.3 Å². The van der Waals surface area contributed by atoms with Crippen LogP contribution in [0.1, 0.15) is 12.0 Å². The molecule has 3 rings (SSSR count). The number of halogens is 1. The highest BCUT2D eigenvalue weighted by Gasteiger charge is 2.31. The van der Waals surface area contributed by atoms with E-state index in [1.54, 1.807) is 11.0 Å². The smallest absolute Gasteiger partial charge is 0.409 e. The Hall–Kier alpha value is -1.75. The molecule has 2 aliphatic heterocycles. The van der Waals surface area contributed by atoms with Crippen LogP contribution in [0.4, 0.5) is 4.79 Å². The predicted molar refractivity (Wildman–Crippen MR) is 82.8 cm³/mol. The van der Waals surface area contributed by atoms with Gasteiger partial charge in [0.05, 0.1) is 13.0 Å². The van der Waals surface area contributed by atoms with Gasteiger partial charge in [-0.2, -0.15) is 0 Å². The molecule has 0 aromatic heterocycles. The van der Waals surface area contributed by atoms with Crippen LogP contribution < -0.4 is 0 Å². The molecule has 2 heterocycles. The van der Waals surface area contributed by atoms with E-state index in [4.69, 9.17) is 16.3 Å². The zero-order chi connectivity index (χ0) is 15.5. The molecule has 1 aromatic rings. The minimum Gasteiger partial charge on any atom is -0.448 e. The molecule has 0 saturated carbocycles. The number of hydrogen-bond acceptors (Lipinski definition) is 3. The Bertz CT molecular complexity index is 578. The fourth-order valence-corrected chi connectivity index (χ4v) is 3.23. The van der Waals surface area contributed by atoms with Crippen molar-refractivity contribution in [1.29, 1.82) is 0 Å². The molecular formula is C16H19ClN2O3. The second kappa shape index (κ2) is 6.57. The molecule has 0 spiro atoms. The number of carbonyl (C=O) groups excluding carboxylic acids is 2. The summed E-state index contributed by atoms with van der Waals surface area (Å²) in [7, 11) is 0. The van der Waals surface area contributed by atoms with Gasteiger partial charge in [-0.25, -0.2) is 4.79 Å². The Morgan fingerprint density at radius 2 is 2.14 bits per heavy atom. The van der Waals surface area contributed by atoms with Gasteiger partial charge < -0.3 is 14.5 Å². The number of hydrogen-bond donors (Lipinski definition) is 0. The monoisotopic (exact) mass is 322 g/mol. The topological polar surface area (TPSA) is 49.9 Å². The zero-order valence-corrected chi connectivity index (χ0v) is 13.1. The third-order valence-electron chi connectivity index (χ3n) is 4.26. The first-order valence-corrected chi connectivity index (χ1v) is 7.94. The van der Waals surface area contributed by atoms with Crippen molar-refractivity contribution in [3.63, 3.8) is 0 Å². The summed E-state index contributed by atoms with van der Waals surface area (Å²) in [5, 5.41) is 0.631. The third-order valence-corrected chi connectivity index (χ3v) is 4.63. The van der Waals surface area contributed by atoms with Gasteiger partial charge in [-0.3, -0.25) is 4.79 Å². The first kappa shape index (κ1) is 15.2. The highest BCUT2D eigenvalue weighted by atomic mass is 35.5. The molecule has 2 fully saturated rings. The number of ether oxygens (including phenoxy) is 1. The van der Waals surface area contributed by atoms with Crippen molar-refractivity contribution in [2.24, 2.45) is 5.92 Å². The summed E-state index contributed by atoms with van der Waals surface area (Å²) in [6, 6.07) is 7.43. The van der Waals surface area contributed by atoms with Gasteiger partial charge in [0.15, 0.2) is 0 Å². The minimum absolute atomic E-state index is 0.0969. The number of benzene rings is 1. The number of likely N-dealkylation sites (tertiary alicyclic amines) is 1. The Morgan fingerprint density at radius 1 is 1.32 bits per heavy atom. The number of amides is 2. The van der Waals surface area contributed by atoms with E-state index in [1.165, 1.54) is 0 Å².